The van der Waals surface area contributed by atoms with Gasteiger partial charge in [-0.25, -0.2) is 9.97 Å². The second-order valence-corrected chi connectivity index (χ2v) is 6.15. The lowest BCUT2D eigenvalue weighted by Gasteiger charge is -2.17. The first-order chi connectivity index (χ1) is 12.1. The van der Waals surface area contributed by atoms with E-state index in [1.165, 1.54) is 6.33 Å². The monoisotopic (exact) mass is 340 g/mol. The molecule has 0 aliphatic rings. The Balaban J connectivity index is 1.74. The molecule has 2 heterocycles. The quantitative estimate of drug-likeness (QED) is 0.714. The number of para-hydroxylation sites is 2. The first-order valence-electron chi connectivity index (χ1n) is 8.68. The molecule has 0 saturated heterocycles. The molecule has 0 bridgehead atoms. The molecule has 0 saturated carbocycles. The van der Waals surface area contributed by atoms with Gasteiger partial charge in [-0.2, -0.15) is 5.10 Å². The first kappa shape index (κ1) is 17.1. The van der Waals surface area contributed by atoms with E-state index in [9.17, 15) is 4.79 Å². The molecular weight excluding hydrogens is 316 g/mol. The van der Waals surface area contributed by atoms with Crippen molar-refractivity contribution in [1.82, 2.24) is 29.6 Å². The van der Waals surface area contributed by atoms with Crippen molar-refractivity contribution in [3.63, 3.8) is 0 Å². The van der Waals surface area contributed by atoms with E-state index < -0.39 is 0 Å². The summed E-state index contributed by atoms with van der Waals surface area (Å²) in [6.45, 7) is 4.58. The SMILES string of the molecule is CCCc1nc2ccccc2n1[C@H](C)C(=O)NCCc1ncnn1C. The molecule has 25 heavy (non-hydrogen) atoms. The fraction of sp³-hybridized carbons (Fsp3) is 0.444. The molecule has 1 N–H and O–H groups in total. The van der Waals surface area contributed by atoms with E-state index in [2.05, 4.69) is 26.9 Å². The highest BCUT2D eigenvalue weighted by molar-refractivity contribution is 5.84. The first-order valence-corrected chi connectivity index (χ1v) is 8.68. The maximum absolute atomic E-state index is 12.7. The maximum atomic E-state index is 12.7. The molecule has 132 valence electrons. The number of benzene rings is 1. The van der Waals surface area contributed by atoms with Gasteiger partial charge in [0, 0.05) is 26.4 Å². The molecule has 0 spiro atoms. The van der Waals surface area contributed by atoms with Crippen LogP contribution in [0.25, 0.3) is 11.0 Å². The molecule has 3 rings (SSSR count). The van der Waals surface area contributed by atoms with Crippen LogP contribution < -0.4 is 5.32 Å². The average molecular weight is 340 g/mol. The predicted octanol–water partition coefficient (Wildman–Crippen LogP) is 2.04. The Hall–Kier alpha value is -2.70. The molecule has 0 aliphatic heterocycles. The summed E-state index contributed by atoms with van der Waals surface area (Å²) in [5, 5.41) is 7.04. The summed E-state index contributed by atoms with van der Waals surface area (Å²) >= 11 is 0. The number of imidazole rings is 1. The van der Waals surface area contributed by atoms with E-state index in [0.29, 0.717) is 13.0 Å². The van der Waals surface area contributed by atoms with Crippen molar-refractivity contribution in [3.05, 3.63) is 42.2 Å². The van der Waals surface area contributed by atoms with Gasteiger partial charge in [0.1, 0.15) is 24.0 Å². The highest BCUT2D eigenvalue weighted by Gasteiger charge is 2.20. The Bertz CT molecular complexity index is 865. The third-order valence-corrected chi connectivity index (χ3v) is 4.36. The predicted molar refractivity (Wildman–Crippen MR) is 96.2 cm³/mol. The molecule has 1 aromatic carbocycles. The minimum absolute atomic E-state index is 0.0114. The van der Waals surface area contributed by atoms with Gasteiger partial charge in [-0.15, -0.1) is 0 Å². The van der Waals surface area contributed by atoms with Crippen LogP contribution in [0, 0.1) is 0 Å². The highest BCUT2D eigenvalue weighted by atomic mass is 16.2. The largest absolute Gasteiger partial charge is 0.354 e. The number of nitrogens with one attached hydrogen (secondary N) is 1. The van der Waals surface area contributed by atoms with Crippen LogP contribution in [0.3, 0.4) is 0 Å². The minimum Gasteiger partial charge on any atom is -0.354 e. The van der Waals surface area contributed by atoms with Gasteiger partial charge in [-0.1, -0.05) is 19.1 Å². The second kappa shape index (κ2) is 7.46. The zero-order chi connectivity index (χ0) is 17.8. The van der Waals surface area contributed by atoms with Crippen molar-refractivity contribution < 1.29 is 4.79 Å². The van der Waals surface area contributed by atoms with E-state index in [1.54, 1.807) is 4.68 Å². The number of nitrogens with zero attached hydrogens (tertiary/aromatic N) is 5. The van der Waals surface area contributed by atoms with Crippen LogP contribution in [-0.2, 0) is 24.7 Å². The summed E-state index contributed by atoms with van der Waals surface area (Å²) in [6, 6.07) is 7.65. The molecule has 0 unspecified atom stereocenters. The van der Waals surface area contributed by atoms with Gasteiger partial charge < -0.3 is 9.88 Å². The Labute approximate surface area is 147 Å². The molecule has 0 aliphatic carbocycles. The third-order valence-electron chi connectivity index (χ3n) is 4.36. The molecule has 1 atom stereocenters. The number of carbonyl (C=O) groups is 1. The second-order valence-electron chi connectivity index (χ2n) is 6.15. The third kappa shape index (κ3) is 3.55. The van der Waals surface area contributed by atoms with Crippen molar-refractivity contribution in [3.8, 4) is 0 Å². The molecule has 7 nitrogen and oxygen atoms in total. The number of carbonyl (C=O) groups excluding carboxylic acids is 1. The molecule has 0 fully saturated rings. The van der Waals surface area contributed by atoms with Crippen LogP contribution in [-0.4, -0.2) is 36.8 Å². The Morgan fingerprint density at radius 3 is 2.76 bits per heavy atom. The van der Waals surface area contributed by atoms with Gasteiger partial charge in [0.2, 0.25) is 5.91 Å². The fourth-order valence-corrected chi connectivity index (χ4v) is 3.04. The molecule has 0 radical (unpaired) electrons. The van der Waals surface area contributed by atoms with Crippen LogP contribution >= 0.6 is 0 Å². The highest BCUT2D eigenvalue weighted by Crippen LogP contribution is 2.22. The topological polar surface area (TPSA) is 77.6 Å². The van der Waals surface area contributed by atoms with Crippen LogP contribution in [0.5, 0.6) is 0 Å². The number of hydrogen-bond acceptors (Lipinski definition) is 4. The summed E-state index contributed by atoms with van der Waals surface area (Å²) in [6.07, 6.45) is 4.02. The van der Waals surface area contributed by atoms with Crippen molar-refractivity contribution in [1.29, 1.82) is 0 Å². The number of hydrogen-bond donors (Lipinski definition) is 1. The zero-order valence-electron chi connectivity index (χ0n) is 14.9. The number of rotatable bonds is 7. The van der Waals surface area contributed by atoms with Gasteiger partial charge >= 0.3 is 0 Å². The Morgan fingerprint density at radius 2 is 2.04 bits per heavy atom. The van der Waals surface area contributed by atoms with Crippen LogP contribution in [0.4, 0.5) is 0 Å². The lowest BCUT2D eigenvalue weighted by molar-refractivity contribution is -0.123. The Kier molecular flexibility index (Phi) is 5.11. The van der Waals surface area contributed by atoms with Gasteiger partial charge in [-0.05, 0) is 25.5 Å². The minimum atomic E-state index is -0.312. The number of amides is 1. The zero-order valence-corrected chi connectivity index (χ0v) is 14.9. The summed E-state index contributed by atoms with van der Waals surface area (Å²) in [5.74, 6) is 1.80. The van der Waals surface area contributed by atoms with E-state index in [4.69, 9.17) is 4.98 Å². The van der Waals surface area contributed by atoms with Crippen molar-refractivity contribution in [2.24, 2.45) is 7.05 Å². The van der Waals surface area contributed by atoms with E-state index in [0.717, 1.165) is 35.5 Å². The van der Waals surface area contributed by atoms with Gasteiger partial charge in [-0.3, -0.25) is 9.48 Å². The van der Waals surface area contributed by atoms with Crippen molar-refractivity contribution in [2.75, 3.05) is 6.54 Å². The number of aryl methyl sites for hydroxylation is 2. The number of fused-ring (bicyclic) bond motifs is 1. The summed E-state index contributed by atoms with van der Waals surface area (Å²) in [7, 11) is 1.85. The smallest absolute Gasteiger partial charge is 0.242 e. The van der Waals surface area contributed by atoms with Gasteiger partial charge in [0.25, 0.3) is 0 Å². The molecule has 2 aromatic heterocycles. The Morgan fingerprint density at radius 1 is 1.24 bits per heavy atom. The standard InChI is InChI=1S/C18H24N6O/c1-4-7-17-22-14-8-5-6-9-15(14)24(17)13(2)18(25)19-11-10-16-20-12-21-23(16)3/h5-6,8-9,12-13H,4,7,10-11H2,1-3H3,(H,19,25)/t13-/m1/s1. The van der Waals surface area contributed by atoms with E-state index in [1.807, 2.05) is 38.2 Å². The average Bonchev–Trinajstić information content (AvgIpc) is 3.17. The fourth-order valence-electron chi connectivity index (χ4n) is 3.04. The lowest BCUT2D eigenvalue weighted by Crippen LogP contribution is -2.33. The summed E-state index contributed by atoms with van der Waals surface area (Å²) in [5.41, 5.74) is 1.94. The van der Waals surface area contributed by atoms with E-state index >= 15 is 0 Å². The van der Waals surface area contributed by atoms with Crippen molar-refractivity contribution in [2.45, 2.75) is 39.2 Å². The molecule has 1 amide bonds. The van der Waals surface area contributed by atoms with Crippen LogP contribution in [0.1, 0.15) is 38.0 Å². The lowest BCUT2D eigenvalue weighted by atomic mass is 10.2. The normalized spacial score (nSPS) is 12.4. The maximum Gasteiger partial charge on any atom is 0.242 e. The molecule has 7 heteroatoms. The van der Waals surface area contributed by atoms with Crippen LogP contribution in [0.15, 0.2) is 30.6 Å². The number of aromatic nitrogens is 5. The van der Waals surface area contributed by atoms with Gasteiger partial charge in [0.05, 0.1) is 11.0 Å². The summed E-state index contributed by atoms with van der Waals surface area (Å²) in [4.78, 5) is 21.5. The van der Waals surface area contributed by atoms with Crippen molar-refractivity contribution >= 4 is 16.9 Å². The molecular formula is C18H24N6O. The van der Waals surface area contributed by atoms with Gasteiger partial charge in [0.15, 0.2) is 0 Å². The summed E-state index contributed by atoms with van der Waals surface area (Å²) < 4.78 is 3.77. The molecule has 3 aromatic rings. The van der Waals surface area contributed by atoms with E-state index in [-0.39, 0.29) is 11.9 Å². The van der Waals surface area contributed by atoms with Crippen LogP contribution in [0.2, 0.25) is 0 Å².